The maximum Gasteiger partial charge on any atom is 0.471 e. The molecule has 86 valence electrons. The molecule has 0 saturated carbocycles. The van der Waals surface area contributed by atoms with Crippen LogP contribution in [0.4, 0.5) is 13.2 Å². The highest BCUT2D eigenvalue weighted by molar-refractivity contribution is 5.82. The highest BCUT2D eigenvalue weighted by Crippen LogP contribution is 2.19. The second-order valence-corrected chi connectivity index (χ2v) is 3.30. The maximum atomic E-state index is 12.0. The van der Waals surface area contributed by atoms with E-state index >= 15 is 0 Å². The van der Waals surface area contributed by atoms with Gasteiger partial charge in [-0.25, -0.2) is 0 Å². The number of piperazine rings is 1. The quantitative estimate of drug-likeness (QED) is 0.591. The van der Waals surface area contributed by atoms with Crippen LogP contribution in [0.15, 0.2) is 0 Å². The van der Waals surface area contributed by atoms with Crippen molar-refractivity contribution in [2.75, 3.05) is 26.2 Å². The van der Waals surface area contributed by atoms with Gasteiger partial charge >= 0.3 is 12.1 Å². The lowest BCUT2D eigenvalue weighted by molar-refractivity contribution is -0.187. The molecule has 0 atom stereocenters. The van der Waals surface area contributed by atoms with Crippen molar-refractivity contribution in [2.45, 2.75) is 13.1 Å². The van der Waals surface area contributed by atoms with E-state index in [1.54, 1.807) is 0 Å². The Morgan fingerprint density at radius 1 is 1.00 bits per heavy atom. The van der Waals surface area contributed by atoms with Gasteiger partial charge in [0.05, 0.1) is 0 Å². The molecule has 7 heteroatoms. The predicted octanol–water partition coefficient (Wildman–Crippen LogP) is 0.239. The van der Waals surface area contributed by atoms with Crippen LogP contribution >= 0.6 is 0 Å². The summed E-state index contributed by atoms with van der Waals surface area (Å²) in [4.78, 5) is 23.8. The van der Waals surface area contributed by atoms with Crippen LogP contribution in [0.5, 0.6) is 0 Å². The van der Waals surface area contributed by atoms with E-state index in [0.717, 1.165) is 4.90 Å². The van der Waals surface area contributed by atoms with Crippen LogP contribution in [-0.2, 0) is 9.59 Å². The first-order chi connectivity index (χ1) is 6.82. The largest absolute Gasteiger partial charge is 0.471 e. The molecule has 0 aromatic carbocycles. The zero-order valence-corrected chi connectivity index (χ0v) is 8.17. The van der Waals surface area contributed by atoms with Crippen molar-refractivity contribution in [1.82, 2.24) is 9.80 Å². The normalized spacial score (nSPS) is 17.9. The van der Waals surface area contributed by atoms with Gasteiger partial charge in [-0.1, -0.05) is 0 Å². The summed E-state index contributed by atoms with van der Waals surface area (Å²) in [5.41, 5.74) is 0. The van der Waals surface area contributed by atoms with Crippen LogP contribution in [0.2, 0.25) is 0 Å². The minimum absolute atomic E-state index is 0.0576. The number of alkyl halides is 3. The van der Waals surface area contributed by atoms with Crippen LogP contribution in [0, 0.1) is 0 Å². The molecule has 0 bridgehead atoms. The molecule has 0 N–H and O–H groups in total. The van der Waals surface area contributed by atoms with Gasteiger partial charge in [-0.2, -0.15) is 13.2 Å². The molecule has 4 nitrogen and oxygen atoms in total. The van der Waals surface area contributed by atoms with Crippen molar-refractivity contribution in [3.05, 3.63) is 0 Å². The molecule has 15 heavy (non-hydrogen) atoms. The van der Waals surface area contributed by atoms with Gasteiger partial charge in [-0.05, 0) is 0 Å². The van der Waals surface area contributed by atoms with E-state index in [4.69, 9.17) is 0 Å². The lowest BCUT2D eigenvalue weighted by Crippen LogP contribution is -2.53. The summed E-state index contributed by atoms with van der Waals surface area (Å²) >= 11 is 0. The van der Waals surface area contributed by atoms with Gasteiger partial charge in [-0.15, -0.1) is 0 Å². The summed E-state index contributed by atoms with van der Waals surface area (Å²) in [6.45, 7) is 1.56. The molecule has 0 spiro atoms. The van der Waals surface area contributed by atoms with E-state index in [-0.39, 0.29) is 32.1 Å². The fourth-order valence-electron chi connectivity index (χ4n) is 1.40. The average Bonchev–Trinajstić information content (AvgIpc) is 2.15. The van der Waals surface area contributed by atoms with Crippen LogP contribution in [0.1, 0.15) is 6.92 Å². The Labute approximate surface area is 84.6 Å². The van der Waals surface area contributed by atoms with Gasteiger partial charge in [0.25, 0.3) is 0 Å². The number of carbonyl (C=O) groups is 2. The van der Waals surface area contributed by atoms with E-state index < -0.39 is 12.1 Å². The Kier molecular flexibility index (Phi) is 3.21. The van der Waals surface area contributed by atoms with E-state index in [1.165, 1.54) is 11.8 Å². The average molecular weight is 224 g/mol. The van der Waals surface area contributed by atoms with Crippen LogP contribution < -0.4 is 0 Å². The first-order valence-corrected chi connectivity index (χ1v) is 4.44. The lowest BCUT2D eigenvalue weighted by atomic mass is 10.3. The highest BCUT2D eigenvalue weighted by Gasteiger charge is 2.43. The number of halogens is 3. The Balaban J connectivity index is 2.51. The third kappa shape index (κ3) is 2.84. The van der Waals surface area contributed by atoms with Gasteiger partial charge in [0.1, 0.15) is 0 Å². The van der Waals surface area contributed by atoms with Crippen LogP contribution in [-0.4, -0.2) is 54.0 Å². The first kappa shape index (κ1) is 11.8. The van der Waals surface area contributed by atoms with Gasteiger partial charge in [0, 0.05) is 33.1 Å². The molecule has 1 heterocycles. The third-order valence-electron chi connectivity index (χ3n) is 2.25. The third-order valence-corrected chi connectivity index (χ3v) is 2.25. The van der Waals surface area contributed by atoms with Crippen LogP contribution in [0.3, 0.4) is 0 Å². The van der Waals surface area contributed by atoms with Crippen molar-refractivity contribution in [1.29, 1.82) is 0 Å². The summed E-state index contributed by atoms with van der Waals surface area (Å²) < 4.78 is 36.1. The summed E-state index contributed by atoms with van der Waals surface area (Å²) in [7, 11) is 0. The fourth-order valence-corrected chi connectivity index (χ4v) is 1.40. The molecule has 1 saturated heterocycles. The molecule has 0 radical (unpaired) electrons. The van der Waals surface area contributed by atoms with E-state index in [0.29, 0.717) is 0 Å². The smallest absolute Gasteiger partial charge is 0.339 e. The Bertz CT molecular complexity index is 270. The number of hydrogen-bond acceptors (Lipinski definition) is 2. The summed E-state index contributed by atoms with van der Waals surface area (Å²) in [6.07, 6.45) is -4.82. The second-order valence-electron chi connectivity index (χ2n) is 3.30. The minimum atomic E-state index is -4.82. The van der Waals surface area contributed by atoms with E-state index in [1.807, 2.05) is 0 Å². The molecule has 0 aromatic rings. The number of hydrogen-bond donors (Lipinski definition) is 0. The molecule has 0 aliphatic carbocycles. The van der Waals surface area contributed by atoms with Crippen molar-refractivity contribution in [3.8, 4) is 0 Å². The molecule has 0 aromatic heterocycles. The summed E-state index contributed by atoms with van der Waals surface area (Å²) in [5.74, 6) is -2.01. The van der Waals surface area contributed by atoms with Crippen molar-refractivity contribution < 1.29 is 22.8 Å². The first-order valence-electron chi connectivity index (χ1n) is 4.44. The standard InChI is InChI=1S/C8H11F3N2O2/c1-6(14)12-2-4-13(5-3-12)7(15)8(9,10)11/h2-5H2,1H3. The highest BCUT2D eigenvalue weighted by atomic mass is 19.4. The number of rotatable bonds is 0. The zero-order valence-electron chi connectivity index (χ0n) is 8.17. The molecule has 1 aliphatic heterocycles. The molecule has 2 amide bonds. The molecule has 1 aliphatic rings. The number of carbonyl (C=O) groups excluding carboxylic acids is 2. The Morgan fingerprint density at radius 3 is 1.73 bits per heavy atom. The predicted molar refractivity (Wildman–Crippen MR) is 44.9 cm³/mol. The SMILES string of the molecule is CC(=O)N1CCN(C(=O)C(F)(F)F)CC1. The molecular weight excluding hydrogens is 213 g/mol. The van der Waals surface area contributed by atoms with Gasteiger partial charge in [0.2, 0.25) is 5.91 Å². The van der Waals surface area contributed by atoms with Gasteiger partial charge in [-0.3, -0.25) is 9.59 Å². The molecule has 1 rings (SSSR count). The van der Waals surface area contributed by atoms with Crippen LogP contribution in [0.25, 0.3) is 0 Å². The summed E-state index contributed by atoms with van der Waals surface area (Å²) in [6, 6.07) is 0. The Morgan fingerprint density at radius 2 is 1.40 bits per heavy atom. The number of amides is 2. The molecular formula is C8H11F3N2O2. The number of nitrogens with zero attached hydrogens (tertiary/aromatic N) is 2. The van der Waals surface area contributed by atoms with Crippen molar-refractivity contribution in [2.24, 2.45) is 0 Å². The minimum Gasteiger partial charge on any atom is -0.339 e. The lowest BCUT2D eigenvalue weighted by Gasteiger charge is -2.34. The van der Waals surface area contributed by atoms with Gasteiger partial charge < -0.3 is 9.80 Å². The van der Waals surface area contributed by atoms with Crippen molar-refractivity contribution in [3.63, 3.8) is 0 Å². The van der Waals surface area contributed by atoms with E-state index in [9.17, 15) is 22.8 Å². The van der Waals surface area contributed by atoms with E-state index in [2.05, 4.69) is 0 Å². The maximum absolute atomic E-state index is 12.0. The zero-order chi connectivity index (χ0) is 11.6. The van der Waals surface area contributed by atoms with Gasteiger partial charge in [0.15, 0.2) is 0 Å². The molecule has 0 unspecified atom stereocenters. The Hall–Kier alpha value is -1.27. The monoisotopic (exact) mass is 224 g/mol. The molecule has 1 fully saturated rings. The topological polar surface area (TPSA) is 40.6 Å². The summed E-state index contributed by atoms with van der Waals surface area (Å²) in [5, 5.41) is 0. The fraction of sp³-hybridized carbons (Fsp3) is 0.750. The van der Waals surface area contributed by atoms with Crippen molar-refractivity contribution >= 4 is 11.8 Å². The second kappa shape index (κ2) is 4.08.